The number of carbonyl (C=O) groups is 1. The van der Waals surface area contributed by atoms with Gasteiger partial charge in [-0.3, -0.25) is 9.69 Å². The van der Waals surface area contributed by atoms with E-state index in [-0.39, 0.29) is 11.9 Å². The van der Waals surface area contributed by atoms with Crippen LogP contribution in [0.25, 0.3) is 10.6 Å². The van der Waals surface area contributed by atoms with Gasteiger partial charge in [0, 0.05) is 18.7 Å². The number of nitrogens with one attached hydrogen (secondary N) is 1. The first-order chi connectivity index (χ1) is 10.1. The Morgan fingerprint density at radius 2 is 2.33 bits per heavy atom. The first-order valence-corrected chi connectivity index (χ1v) is 7.97. The first kappa shape index (κ1) is 15.7. The average molecular weight is 307 g/mol. The molecule has 0 fully saturated rings. The maximum atomic E-state index is 11.8. The second-order valence-electron chi connectivity index (χ2n) is 5.19. The zero-order valence-electron chi connectivity index (χ0n) is 12.6. The molecule has 0 atom stereocenters. The van der Waals surface area contributed by atoms with Crippen molar-refractivity contribution in [1.29, 1.82) is 0 Å². The minimum atomic E-state index is 0.0359. The van der Waals surface area contributed by atoms with Crippen LogP contribution in [0.1, 0.15) is 26.5 Å². The van der Waals surface area contributed by atoms with Gasteiger partial charge in [0.25, 0.3) is 0 Å². The van der Waals surface area contributed by atoms with Gasteiger partial charge in [0.1, 0.15) is 0 Å². The number of hydrogen-bond donors (Lipinski definition) is 1. The Labute approximate surface area is 128 Å². The molecule has 2 rings (SSSR count). The van der Waals surface area contributed by atoms with E-state index in [0.29, 0.717) is 13.1 Å². The summed E-state index contributed by atoms with van der Waals surface area (Å²) >= 11 is 1.62. The van der Waals surface area contributed by atoms with Gasteiger partial charge in [-0.25, -0.2) is 0 Å². The lowest BCUT2D eigenvalue weighted by molar-refractivity contribution is -0.122. The molecule has 2 heterocycles. The molecular formula is C15H21N3O2S. The number of rotatable bonds is 7. The monoisotopic (exact) mass is 307 g/mol. The summed E-state index contributed by atoms with van der Waals surface area (Å²) in [6, 6.07) is 6.09. The third-order valence-corrected chi connectivity index (χ3v) is 3.86. The molecule has 2 aromatic heterocycles. The van der Waals surface area contributed by atoms with Crippen LogP contribution in [0.5, 0.6) is 0 Å². The van der Waals surface area contributed by atoms with Crippen LogP contribution in [0, 0.1) is 0 Å². The van der Waals surface area contributed by atoms with Crippen LogP contribution in [-0.4, -0.2) is 35.1 Å². The molecule has 0 aliphatic heterocycles. The minimum Gasteiger partial charge on any atom is -0.355 e. The molecule has 0 spiro atoms. The molecular weight excluding hydrogens is 286 g/mol. The van der Waals surface area contributed by atoms with E-state index in [1.807, 2.05) is 49.3 Å². The predicted molar refractivity (Wildman–Crippen MR) is 84.0 cm³/mol. The lowest BCUT2D eigenvalue weighted by Crippen LogP contribution is -2.39. The topological polar surface area (TPSA) is 58.4 Å². The van der Waals surface area contributed by atoms with Crippen molar-refractivity contribution in [3.63, 3.8) is 0 Å². The summed E-state index contributed by atoms with van der Waals surface area (Å²) in [6.07, 6.45) is 0. The number of likely N-dealkylation sites (N-methyl/N-ethyl adjacent to an activating group) is 1. The second-order valence-corrected chi connectivity index (χ2v) is 6.13. The van der Waals surface area contributed by atoms with Crippen LogP contribution < -0.4 is 5.32 Å². The summed E-state index contributed by atoms with van der Waals surface area (Å²) in [6.45, 7) is 7.71. The zero-order chi connectivity index (χ0) is 15.2. The van der Waals surface area contributed by atoms with Crippen LogP contribution in [-0.2, 0) is 11.3 Å². The Hall–Kier alpha value is -1.66. The van der Waals surface area contributed by atoms with Crippen molar-refractivity contribution in [1.82, 2.24) is 15.4 Å². The van der Waals surface area contributed by atoms with Crippen molar-refractivity contribution in [3.05, 3.63) is 29.3 Å². The van der Waals surface area contributed by atoms with E-state index in [4.69, 9.17) is 4.52 Å². The molecule has 2 aromatic rings. The fraction of sp³-hybridized carbons (Fsp3) is 0.467. The number of aromatic nitrogens is 1. The standard InChI is InChI=1S/C15H21N3O2S/c1-4-18(10-15(19)16-11(2)3)9-12-8-13(20-17-12)14-6-5-7-21-14/h5-8,11H,4,9-10H2,1-3H3,(H,16,19). The van der Waals surface area contributed by atoms with E-state index in [1.54, 1.807) is 11.3 Å². The van der Waals surface area contributed by atoms with Crippen LogP contribution in [0.3, 0.4) is 0 Å². The largest absolute Gasteiger partial charge is 0.355 e. The number of thiophene rings is 1. The fourth-order valence-electron chi connectivity index (χ4n) is 2.00. The highest BCUT2D eigenvalue weighted by atomic mass is 32.1. The van der Waals surface area contributed by atoms with Crippen LogP contribution in [0.15, 0.2) is 28.1 Å². The van der Waals surface area contributed by atoms with Crippen molar-refractivity contribution in [3.8, 4) is 10.6 Å². The summed E-state index contributed by atoms with van der Waals surface area (Å²) in [4.78, 5) is 14.9. The Bertz CT molecular complexity index is 563. The van der Waals surface area contributed by atoms with E-state index in [0.717, 1.165) is 22.9 Å². The number of hydrogen-bond acceptors (Lipinski definition) is 5. The molecule has 0 aliphatic carbocycles. The Balaban J connectivity index is 1.94. The van der Waals surface area contributed by atoms with Gasteiger partial charge in [-0.15, -0.1) is 11.3 Å². The van der Waals surface area contributed by atoms with E-state index in [2.05, 4.69) is 10.5 Å². The third-order valence-electron chi connectivity index (χ3n) is 2.97. The Morgan fingerprint density at radius 1 is 1.52 bits per heavy atom. The molecule has 0 radical (unpaired) electrons. The van der Waals surface area contributed by atoms with E-state index in [9.17, 15) is 4.79 Å². The Kier molecular flexibility index (Phi) is 5.52. The third kappa shape index (κ3) is 4.68. The van der Waals surface area contributed by atoms with Crippen molar-refractivity contribution in [2.75, 3.05) is 13.1 Å². The molecule has 114 valence electrons. The molecule has 0 saturated heterocycles. The second kappa shape index (κ2) is 7.38. The zero-order valence-corrected chi connectivity index (χ0v) is 13.4. The van der Waals surface area contributed by atoms with Gasteiger partial charge < -0.3 is 9.84 Å². The lowest BCUT2D eigenvalue weighted by atomic mass is 10.3. The lowest BCUT2D eigenvalue weighted by Gasteiger charge is -2.19. The maximum Gasteiger partial charge on any atom is 0.234 e. The fourth-order valence-corrected chi connectivity index (χ4v) is 2.67. The maximum absolute atomic E-state index is 11.8. The van der Waals surface area contributed by atoms with Crippen LogP contribution in [0.2, 0.25) is 0 Å². The SMILES string of the molecule is CCN(CC(=O)NC(C)C)Cc1cc(-c2cccs2)on1. The van der Waals surface area contributed by atoms with Gasteiger partial charge in [-0.05, 0) is 31.8 Å². The van der Waals surface area contributed by atoms with E-state index >= 15 is 0 Å². The van der Waals surface area contributed by atoms with Crippen molar-refractivity contribution in [2.24, 2.45) is 0 Å². The molecule has 0 bridgehead atoms. The van der Waals surface area contributed by atoms with Crippen molar-refractivity contribution in [2.45, 2.75) is 33.4 Å². The molecule has 5 nitrogen and oxygen atoms in total. The summed E-state index contributed by atoms with van der Waals surface area (Å²) in [5.74, 6) is 0.816. The molecule has 6 heteroatoms. The minimum absolute atomic E-state index is 0.0359. The molecule has 0 aliphatic rings. The van der Waals surface area contributed by atoms with Crippen molar-refractivity contribution < 1.29 is 9.32 Å². The van der Waals surface area contributed by atoms with Gasteiger partial charge in [0.15, 0.2) is 5.76 Å². The van der Waals surface area contributed by atoms with E-state index < -0.39 is 0 Å². The summed E-state index contributed by atoms with van der Waals surface area (Å²) < 4.78 is 5.36. The quantitative estimate of drug-likeness (QED) is 0.854. The first-order valence-electron chi connectivity index (χ1n) is 7.09. The number of amides is 1. The molecule has 1 amide bonds. The molecule has 0 unspecified atom stereocenters. The van der Waals surface area contributed by atoms with Crippen molar-refractivity contribution >= 4 is 17.2 Å². The van der Waals surface area contributed by atoms with Crippen LogP contribution in [0.4, 0.5) is 0 Å². The molecule has 0 aromatic carbocycles. The molecule has 0 saturated carbocycles. The van der Waals surface area contributed by atoms with Gasteiger partial charge in [0.2, 0.25) is 5.91 Å². The molecule has 1 N–H and O–H groups in total. The molecule has 21 heavy (non-hydrogen) atoms. The number of carbonyl (C=O) groups excluding carboxylic acids is 1. The highest BCUT2D eigenvalue weighted by Crippen LogP contribution is 2.25. The normalized spacial score (nSPS) is 11.3. The van der Waals surface area contributed by atoms with Gasteiger partial charge in [-0.1, -0.05) is 18.1 Å². The summed E-state index contributed by atoms with van der Waals surface area (Å²) in [5, 5.41) is 8.99. The van der Waals surface area contributed by atoms with E-state index in [1.165, 1.54) is 0 Å². The average Bonchev–Trinajstić information content (AvgIpc) is 3.07. The van der Waals surface area contributed by atoms with Gasteiger partial charge in [0.05, 0.1) is 17.1 Å². The number of nitrogens with zero attached hydrogens (tertiary/aromatic N) is 2. The Morgan fingerprint density at radius 3 is 2.95 bits per heavy atom. The smallest absolute Gasteiger partial charge is 0.234 e. The van der Waals surface area contributed by atoms with Gasteiger partial charge in [-0.2, -0.15) is 0 Å². The van der Waals surface area contributed by atoms with Gasteiger partial charge >= 0.3 is 0 Å². The van der Waals surface area contributed by atoms with Crippen LogP contribution >= 0.6 is 11.3 Å². The summed E-state index contributed by atoms with van der Waals surface area (Å²) in [7, 11) is 0. The highest BCUT2D eigenvalue weighted by Gasteiger charge is 2.14. The highest BCUT2D eigenvalue weighted by molar-refractivity contribution is 7.13. The summed E-state index contributed by atoms with van der Waals surface area (Å²) in [5.41, 5.74) is 0.845. The predicted octanol–water partition coefficient (Wildman–Crippen LogP) is 2.75.